The number of guanidine groups is 1. The summed E-state index contributed by atoms with van der Waals surface area (Å²) in [6.45, 7) is 9.22. The first-order chi connectivity index (χ1) is 11.8. The second kappa shape index (κ2) is 13.8. The quantitative estimate of drug-likeness (QED) is 0.232. The van der Waals surface area contributed by atoms with Crippen molar-refractivity contribution in [3.05, 3.63) is 22.4 Å². The summed E-state index contributed by atoms with van der Waals surface area (Å²) in [7, 11) is 0. The zero-order chi connectivity index (χ0) is 17.0. The lowest BCUT2D eigenvalue weighted by Crippen LogP contribution is -2.38. The molecule has 25 heavy (non-hydrogen) atoms. The minimum Gasteiger partial charge on any atom is -0.379 e. The van der Waals surface area contributed by atoms with Crippen LogP contribution in [0.3, 0.4) is 0 Å². The van der Waals surface area contributed by atoms with E-state index in [9.17, 15) is 0 Å². The predicted molar refractivity (Wildman–Crippen MR) is 117 cm³/mol. The molecule has 2 heterocycles. The highest BCUT2D eigenvalue weighted by molar-refractivity contribution is 14.0. The molecular weight excluding hydrogens is 449 g/mol. The molecule has 1 fully saturated rings. The van der Waals surface area contributed by atoms with Crippen LogP contribution in [0.25, 0.3) is 0 Å². The second-order valence-corrected chi connectivity index (χ2v) is 7.11. The predicted octanol–water partition coefficient (Wildman–Crippen LogP) is 3.61. The molecule has 144 valence electrons. The van der Waals surface area contributed by atoms with E-state index in [1.807, 2.05) is 0 Å². The maximum absolute atomic E-state index is 5.68. The van der Waals surface area contributed by atoms with Gasteiger partial charge in [0.1, 0.15) is 0 Å². The Balaban J connectivity index is 0.00000312. The van der Waals surface area contributed by atoms with E-state index in [2.05, 4.69) is 42.0 Å². The van der Waals surface area contributed by atoms with Crippen LogP contribution in [0.4, 0.5) is 0 Å². The Morgan fingerprint density at radius 1 is 1.48 bits per heavy atom. The van der Waals surface area contributed by atoms with E-state index in [1.54, 1.807) is 11.3 Å². The van der Waals surface area contributed by atoms with Crippen molar-refractivity contribution in [2.24, 2.45) is 4.99 Å². The standard InChI is InChI=1S/C18H31N3O2S.HI/c1-3-19-18(21-13-15(2)17-8-5-12-24-17)20-9-6-10-22-14-16-7-4-11-23-16;/h5,8,12,15-16H,3-4,6-7,9-11,13-14H2,1-2H3,(H2,19,20,21);1H. The van der Waals surface area contributed by atoms with Gasteiger partial charge in [0, 0.05) is 37.1 Å². The van der Waals surface area contributed by atoms with Gasteiger partial charge >= 0.3 is 0 Å². The monoisotopic (exact) mass is 481 g/mol. The number of ether oxygens (including phenoxy) is 2. The molecule has 1 aliphatic heterocycles. The van der Waals surface area contributed by atoms with E-state index in [-0.39, 0.29) is 24.0 Å². The van der Waals surface area contributed by atoms with Gasteiger partial charge in [0.15, 0.2) is 5.96 Å². The lowest BCUT2D eigenvalue weighted by atomic mass is 10.1. The zero-order valence-corrected chi connectivity index (χ0v) is 18.5. The van der Waals surface area contributed by atoms with Crippen LogP contribution < -0.4 is 10.6 Å². The largest absolute Gasteiger partial charge is 0.379 e. The first-order valence-corrected chi connectivity index (χ1v) is 9.92. The molecule has 0 aliphatic carbocycles. The molecule has 0 spiro atoms. The SMILES string of the molecule is CCNC(=NCC(C)c1cccs1)NCCCOCC1CCCO1.I. The molecule has 1 saturated heterocycles. The van der Waals surface area contributed by atoms with E-state index < -0.39 is 0 Å². The minimum atomic E-state index is 0. The zero-order valence-electron chi connectivity index (χ0n) is 15.3. The van der Waals surface area contributed by atoms with Crippen molar-refractivity contribution in [2.45, 2.75) is 45.1 Å². The van der Waals surface area contributed by atoms with E-state index in [0.717, 1.165) is 58.3 Å². The number of aliphatic imine (C=N–C) groups is 1. The van der Waals surface area contributed by atoms with Crippen LogP contribution in [0.15, 0.2) is 22.5 Å². The maximum Gasteiger partial charge on any atom is 0.191 e. The molecule has 0 saturated carbocycles. The average Bonchev–Trinajstić information content (AvgIpc) is 3.28. The number of hydrogen-bond donors (Lipinski definition) is 2. The van der Waals surface area contributed by atoms with E-state index >= 15 is 0 Å². The first kappa shape index (κ1) is 22.7. The lowest BCUT2D eigenvalue weighted by molar-refractivity contribution is 0.0168. The van der Waals surface area contributed by atoms with Gasteiger partial charge < -0.3 is 20.1 Å². The van der Waals surface area contributed by atoms with Crippen molar-refractivity contribution in [2.75, 3.05) is 39.5 Å². The lowest BCUT2D eigenvalue weighted by Gasteiger charge is -2.13. The highest BCUT2D eigenvalue weighted by Crippen LogP contribution is 2.20. The third kappa shape index (κ3) is 9.21. The van der Waals surface area contributed by atoms with Crippen LogP contribution in [0.1, 0.15) is 43.9 Å². The molecule has 1 aliphatic rings. The van der Waals surface area contributed by atoms with Crippen molar-refractivity contribution in [1.29, 1.82) is 0 Å². The van der Waals surface area contributed by atoms with Crippen LogP contribution in [0.5, 0.6) is 0 Å². The van der Waals surface area contributed by atoms with E-state index in [1.165, 1.54) is 11.3 Å². The summed E-state index contributed by atoms with van der Waals surface area (Å²) in [6, 6.07) is 4.27. The fraction of sp³-hybridized carbons (Fsp3) is 0.722. The Morgan fingerprint density at radius 3 is 3.04 bits per heavy atom. The molecule has 0 aromatic carbocycles. The molecule has 2 N–H and O–H groups in total. The van der Waals surface area contributed by atoms with Gasteiger partial charge in [-0.05, 0) is 37.6 Å². The minimum absolute atomic E-state index is 0. The van der Waals surface area contributed by atoms with Gasteiger partial charge in [0.2, 0.25) is 0 Å². The molecule has 2 unspecified atom stereocenters. The number of rotatable bonds is 10. The van der Waals surface area contributed by atoms with Crippen molar-refractivity contribution < 1.29 is 9.47 Å². The fourth-order valence-corrected chi connectivity index (χ4v) is 3.38. The normalized spacial score (nSPS) is 18.6. The number of nitrogens with one attached hydrogen (secondary N) is 2. The molecule has 5 nitrogen and oxygen atoms in total. The summed E-state index contributed by atoms with van der Waals surface area (Å²) in [6.07, 6.45) is 3.59. The fourth-order valence-electron chi connectivity index (χ4n) is 2.60. The van der Waals surface area contributed by atoms with Gasteiger partial charge in [-0.15, -0.1) is 35.3 Å². The molecule has 7 heteroatoms. The van der Waals surface area contributed by atoms with Crippen molar-refractivity contribution in [3.63, 3.8) is 0 Å². The summed E-state index contributed by atoms with van der Waals surface area (Å²) in [5.74, 6) is 1.34. The topological polar surface area (TPSA) is 54.9 Å². The summed E-state index contributed by atoms with van der Waals surface area (Å²) in [5.41, 5.74) is 0. The molecule has 1 aromatic rings. The number of hydrogen-bond acceptors (Lipinski definition) is 4. The average molecular weight is 481 g/mol. The van der Waals surface area contributed by atoms with Gasteiger partial charge in [0.05, 0.1) is 19.3 Å². The van der Waals surface area contributed by atoms with Gasteiger partial charge in [-0.2, -0.15) is 0 Å². The Hall–Kier alpha value is -0.380. The Labute approximate surface area is 173 Å². The summed E-state index contributed by atoms with van der Waals surface area (Å²) in [5, 5.41) is 8.80. The Bertz CT molecular complexity index is 465. The number of nitrogens with zero attached hydrogens (tertiary/aromatic N) is 1. The highest BCUT2D eigenvalue weighted by atomic mass is 127. The van der Waals surface area contributed by atoms with Crippen LogP contribution >= 0.6 is 35.3 Å². The molecule has 1 aromatic heterocycles. The maximum atomic E-state index is 5.68. The Morgan fingerprint density at radius 2 is 2.36 bits per heavy atom. The number of thiophene rings is 1. The molecule has 0 amide bonds. The van der Waals surface area contributed by atoms with Crippen LogP contribution in [0.2, 0.25) is 0 Å². The van der Waals surface area contributed by atoms with E-state index in [4.69, 9.17) is 14.5 Å². The number of halogens is 1. The van der Waals surface area contributed by atoms with E-state index in [0.29, 0.717) is 12.0 Å². The van der Waals surface area contributed by atoms with Crippen LogP contribution in [-0.2, 0) is 9.47 Å². The molecule has 0 bridgehead atoms. The van der Waals surface area contributed by atoms with Gasteiger partial charge in [0.25, 0.3) is 0 Å². The molecular formula is C18H32IN3O2S. The van der Waals surface area contributed by atoms with Gasteiger partial charge in [-0.25, -0.2) is 0 Å². The third-order valence-electron chi connectivity index (χ3n) is 3.98. The Kier molecular flexibility index (Phi) is 12.5. The van der Waals surface area contributed by atoms with Gasteiger partial charge in [-0.3, -0.25) is 4.99 Å². The summed E-state index contributed by atoms with van der Waals surface area (Å²) < 4.78 is 11.2. The van der Waals surface area contributed by atoms with Crippen LogP contribution in [-0.4, -0.2) is 51.5 Å². The van der Waals surface area contributed by atoms with Crippen molar-refractivity contribution in [3.8, 4) is 0 Å². The highest BCUT2D eigenvalue weighted by Gasteiger charge is 2.14. The molecule has 2 atom stereocenters. The smallest absolute Gasteiger partial charge is 0.191 e. The summed E-state index contributed by atoms with van der Waals surface area (Å²) in [4.78, 5) is 6.08. The molecule has 0 radical (unpaired) electrons. The first-order valence-electron chi connectivity index (χ1n) is 9.04. The summed E-state index contributed by atoms with van der Waals surface area (Å²) >= 11 is 1.80. The molecule has 2 rings (SSSR count). The van der Waals surface area contributed by atoms with Crippen molar-refractivity contribution >= 4 is 41.3 Å². The van der Waals surface area contributed by atoms with Crippen molar-refractivity contribution in [1.82, 2.24) is 10.6 Å². The second-order valence-electron chi connectivity index (χ2n) is 6.13. The van der Waals surface area contributed by atoms with Crippen LogP contribution in [0, 0.1) is 0 Å². The van der Waals surface area contributed by atoms with Gasteiger partial charge in [-0.1, -0.05) is 13.0 Å². The third-order valence-corrected chi connectivity index (χ3v) is 5.09.